The minimum absolute atomic E-state index is 0.124. The molecule has 1 saturated heterocycles. The molecule has 1 fully saturated rings. The van der Waals surface area contributed by atoms with E-state index < -0.39 is 23.6 Å². The summed E-state index contributed by atoms with van der Waals surface area (Å²) in [6, 6.07) is 12.5. The van der Waals surface area contributed by atoms with Crippen LogP contribution in [0.3, 0.4) is 0 Å². The molecule has 15 heteroatoms. The van der Waals surface area contributed by atoms with E-state index in [1.165, 1.54) is 23.9 Å². The Labute approximate surface area is 250 Å². The Morgan fingerprint density at radius 2 is 1.73 bits per heavy atom. The van der Waals surface area contributed by atoms with Gasteiger partial charge in [-0.1, -0.05) is 12.1 Å². The van der Waals surface area contributed by atoms with E-state index in [9.17, 15) is 22.8 Å². The highest BCUT2D eigenvalue weighted by Gasteiger charge is 2.31. The van der Waals surface area contributed by atoms with Crippen molar-refractivity contribution in [3.8, 4) is 5.82 Å². The van der Waals surface area contributed by atoms with Gasteiger partial charge in [0.15, 0.2) is 11.5 Å². The SMILES string of the molecule is CNC(=O)c1cc(Nc2cc(NC(=O)c3cccc(C(F)(F)F)c3)ccc2C)n(-c2cc(NC)nc(N3CCOCC3)n2)n1. The van der Waals surface area contributed by atoms with Crippen molar-refractivity contribution in [3.05, 3.63) is 77.0 Å². The second-order valence-electron chi connectivity index (χ2n) is 9.85. The van der Waals surface area contributed by atoms with Gasteiger partial charge in [-0.25, -0.2) is 0 Å². The number of aromatic nitrogens is 4. The number of carbonyl (C=O) groups excluding carboxylic acids is 2. The van der Waals surface area contributed by atoms with E-state index in [1.807, 2.05) is 11.8 Å². The number of amides is 2. The monoisotopic (exact) mass is 609 g/mol. The van der Waals surface area contributed by atoms with Crippen molar-refractivity contribution >= 4 is 40.8 Å². The molecular formula is C29H30F3N9O3. The summed E-state index contributed by atoms with van der Waals surface area (Å²) in [4.78, 5) is 36.7. The van der Waals surface area contributed by atoms with Crippen molar-refractivity contribution in [1.82, 2.24) is 25.1 Å². The van der Waals surface area contributed by atoms with Gasteiger partial charge in [0.05, 0.1) is 18.8 Å². The fraction of sp³-hybridized carbons (Fsp3) is 0.276. The molecule has 1 aliphatic rings. The summed E-state index contributed by atoms with van der Waals surface area (Å²) in [6.07, 6.45) is -4.58. The largest absolute Gasteiger partial charge is 0.416 e. The lowest BCUT2D eigenvalue weighted by Crippen LogP contribution is -2.37. The van der Waals surface area contributed by atoms with Crippen LogP contribution in [-0.2, 0) is 10.9 Å². The molecule has 0 spiro atoms. The van der Waals surface area contributed by atoms with Crippen molar-refractivity contribution in [1.29, 1.82) is 0 Å². The normalized spacial score (nSPS) is 13.4. The number of hydrogen-bond acceptors (Lipinski definition) is 9. The average Bonchev–Trinajstić information content (AvgIpc) is 3.46. The molecule has 4 N–H and O–H groups in total. The molecule has 0 saturated carbocycles. The molecule has 230 valence electrons. The van der Waals surface area contributed by atoms with Gasteiger partial charge in [-0.15, -0.1) is 0 Å². The van der Waals surface area contributed by atoms with Gasteiger partial charge in [-0.05, 0) is 42.8 Å². The molecule has 44 heavy (non-hydrogen) atoms. The zero-order valence-corrected chi connectivity index (χ0v) is 24.1. The molecule has 5 rings (SSSR count). The summed E-state index contributed by atoms with van der Waals surface area (Å²) >= 11 is 0. The number of morpholine rings is 1. The number of carbonyl (C=O) groups is 2. The zero-order valence-electron chi connectivity index (χ0n) is 24.1. The Hall–Kier alpha value is -5.18. The highest BCUT2D eigenvalue weighted by atomic mass is 19.4. The summed E-state index contributed by atoms with van der Waals surface area (Å²) in [6.45, 7) is 4.13. The zero-order chi connectivity index (χ0) is 31.4. The third-order valence-corrected chi connectivity index (χ3v) is 6.85. The van der Waals surface area contributed by atoms with Crippen LogP contribution >= 0.6 is 0 Å². The maximum absolute atomic E-state index is 13.2. The van der Waals surface area contributed by atoms with Crippen LogP contribution in [0.5, 0.6) is 0 Å². The Kier molecular flexibility index (Phi) is 8.66. The molecule has 0 radical (unpaired) electrons. The standard InChI is InChI=1S/C29H30F3N9O3/c1-17-7-8-20(35-26(42)18-5-4-6-19(13-18)29(30,31)32)14-21(17)36-24-15-22(27(43)34-3)39-41(24)25-16-23(33-2)37-28(38-25)40-9-11-44-12-10-40/h4-8,13-16,36H,9-12H2,1-3H3,(H,34,43)(H,35,42)(H,33,37,38). The number of hydrogen-bond donors (Lipinski definition) is 4. The maximum atomic E-state index is 13.2. The van der Waals surface area contributed by atoms with Gasteiger partial charge >= 0.3 is 6.18 Å². The van der Waals surface area contributed by atoms with Gasteiger partial charge in [0, 0.05) is 56.3 Å². The number of nitrogens with one attached hydrogen (secondary N) is 4. The first-order valence-electron chi connectivity index (χ1n) is 13.6. The number of aryl methyl sites for hydroxylation is 1. The fourth-order valence-corrected chi connectivity index (χ4v) is 4.46. The predicted molar refractivity (Wildman–Crippen MR) is 159 cm³/mol. The number of anilines is 5. The van der Waals surface area contributed by atoms with E-state index >= 15 is 0 Å². The molecule has 2 aromatic heterocycles. The number of alkyl halides is 3. The van der Waals surface area contributed by atoms with Gasteiger partial charge in [-0.3, -0.25) is 9.59 Å². The van der Waals surface area contributed by atoms with Crippen molar-refractivity contribution in [2.45, 2.75) is 13.1 Å². The van der Waals surface area contributed by atoms with Crippen molar-refractivity contribution in [3.63, 3.8) is 0 Å². The van der Waals surface area contributed by atoms with Crippen LogP contribution in [0, 0.1) is 6.92 Å². The number of halogens is 3. The first-order chi connectivity index (χ1) is 21.0. The smallest absolute Gasteiger partial charge is 0.378 e. The third kappa shape index (κ3) is 6.72. The summed E-state index contributed by atoms with van der Waals surface area (Å²) in [5, 5.41) is 16.0. The summed E-state index contributed by atoms with van der Waals surface area (Å²) in [7, 11) is 3.23. The van der Waals surface area contributed by atoms with Crippen LogP contribution in [0.1, 0.15) is 32.0 Å². The minimum Gasteiger partial charge on any atom is -0.378 e. The lowest BCUT2D eigenvalue weighted by atomic mass is 10.1. The molecule has 4 aromatic rings. The molecule has 1 aliphatic heterocycles. The van der Waals surface area contributed by atoms with Crippen LogP contribution < -0.4 is 26.2 Å². The van der Waals surface area contributed by atoms with E-state index in [1.54, 1.807) is 37.4 Å². The number of ether oxygens (including phenoxy) is 1. The third-order valence-electron chi connectivity index (χ3n) is 6.85. The topological polar surface area (TPSA) is 138 Å². The Balaban J connectivity index is 1.48. The second kappa shape index (κ2) is 12.6. The van der Waals surface area contributed by atoms with Gasteiger partial charge < -0.3 is 30.9 Å². The van der Waals surface area contributed by atoms with Crippen molar-refractivity contribution in [2.24, 2.45) is 0 Å². The predicted octanol–water partition coefficient (Wildman–Crippen LogP) is 4.22. The highest BCUT2D eigenvalue weighted by molar-refractivity contribution is 6.04. The molecule has 0 bridgehead atoms. The minimum atomic E-state index is -4.58. The Bertz CT molecular complexity index is 1680. The molecule has 0 aliphatic carbocycles. The number of nitrogens with zero attached hydrogens (tertiary/aromatic N) is 5. The Morgan fingerprint density at radius 3 is 2.43 bits per heavy atom. The van der Waals surface area contributed by atoms with E-state index in [2.05, 4.69) is 31.3 Å². The molecule has 2 aromatic carbocycles. The van der Waals surface area contributed by atoms with Gasteiger partial charge in [0.25, 0.3) is 11.8 Å². The molecule has 0 atom stereocenters. The van der Waals surface area contributed by atoms with Crippen LogP contribution in [0.2, 0.25) is 0 Å². The molecule has 12 nitrogen and oxygen atoms in total. The van der Waals surface area contributed by atoms with E-state index in [0.717, 1.165) is 17.7 Å². The van der Waals surface area contributed by atoms with Crippen LogP contribution in [0.25, 0.3) is 5.82 Å². The number of benzene rings is 2. The lowest BCUT2D eigenvalue weighted by Gasteiger charge is -2.27. The van der Waals surface area contributed by atoms with Gasteiger partial charge in [-0.2, -0.15) is 32.9 Å². The van der Waals surface area contributed by atoms with Gasteiger partial charge in [0.1, 0.15) is 11.6 Å². The van der Waals surface area contributed by atoms with E-state index in [0.29, 0.717) is 61.1 Å². The first kappa shape index (κ1) is 30.3. The van der Waals surface area contributed by atoms with Crippen LogP contribution in [-0.4, -0.2) is 72.0 Å². The van der Waals surface area contributed by atoms with Gasteiger partial charge in [0.2, 0.25) is 5.95 Å². The molecular weight excluding hydrogens is 579 g/mol. The first-order valence-corrected chi connectivity index (χ1v) is 13.6. The molecule has 3 heterocycles. The van der Waals surface area contributed by atoms with Crippen LogP contribution in [0.15, 0.2) is 54.6 Å². The number of rotatable bonds is 8. The van der Waals surface area contributed by atoms with Crippen LogP contribution in [0.4, 0.5) is 42.1 Å². The lowest BCUT2D eigenvalue weighted by molar-refractivity contribution is -0.137. The summed E-state index contributed by atoms with van der Waals surface area (Å²) < 4.78 is 46.4. The summed E-state index contributed by atoms with van der Waals surface area (Å²) in [5.41, 5.74) is 0.742. The van der Waals surface area contributed by atoms with E-state index in [-0.39, 0.29) is 11.3 Å². The quantitative estimate of drug-likeness (QED) is 0.231. The Morgan fingerprint density at radius 1 is 0.955 bits per heavy atom. The molecule has 0 unspecified atom stereocenters. The van der Waals surface area contributed by atoms with E-state index in [4.69, 9.17) is 9.72 Å². The average molecular weight is 610 g/mol. The van der Waals surface area contributed by atoms with Crippen molar-refractivity contribution in [2.75, 3.05) is 61.2 Å². The second-order valence-corrected chi connectivity index (χ2v) is 9.85. The highest BCUT2D eigenvalue weighted by Crippen LogP contribution is 2.31. The maximum Gasteiger partial charge on any atom is 0.416 e. The summed E-state index contributed by atoms with van der Waals surface area (Å²) in [5.74, 6) is 0.663. The fourth-order valence-electron chi connectivity index (χ4n) is 4.46. The van der Waals surface area contributed by atoms with Crippen molar-refractivity contribution < 1.29 is 27.5 Å². The molecule has 2 amide bonds.